The van der Waals surface area contributed by atoms with Gasteiger partial charge in [-0.05, 0) is 19.4 Å². The fourth-order valence-electron chi connectivity index (χ4n) is 3.98. The number of rotatable bonds is 5. The summed E-state index contributed by atoms with van der Waals surface area (Å²) in [6.45, 7) is 10.7. The summed E-state index contributed by atoms with van der Waals surface area (Å²) >= 11 is 0. The van der Waals surface area contributed by atoms with Crippen LogP contribution >= 0.6 is 0 Å². The van der Waals surface area contributed by atoms with E-state index in [0.717, 1.165) is 5.56 Å². The molecule has 0 radical (unpaired) electrons. The topological polar surface area (TPSA) is 56.3 Å². The van der Waals surface area contributed by atoms with E-state index < -0.39 is 0 Å². The molecule has 0 aromatic heterocycles. The zero-order chi connectivity index (χ0) is 19.9. The molecule has 3 amide bonds. The standard InChI is InChI=1S/C21H32N4O3/c1-3-22(4-2)20(26)19(18-8-6-5-7-9-18)23-10-12-24(13-11-23)21(27)25-14-16-28-17-15-25/h5-9,19H,3-4,10-17H2,1-2H3. The molecule has 1 aromatic carbocycles. The second kappa shape index (κ2) is 9.89. The molecule has 1 unspecified atom stereocenters. The van der Waals surface area contributed by atoms with Gasteiger partial charge in [0.25, 0.3) is 0 Å². The molecule has 2 heterocycles. The molecular weight excluding hydrogens is 356 g/mol. The van der Waals surface area contributed by atoms with Crippen molar-refractivity contribution >= 4 is 11.9 Å². The zero-order valence-corrected chi connectivity index (χ0v) is 17.0. The van der Waals surface area contributed by atoms with Crippen LogP contribution in [0.4, 0.5) is 4.79 Å². The number of benzene rings is 1. The van der Waals surface area contributed by atoms with Gasteiger partial charge in [0, 0.05) is 52.4 Å². The van der Waals surface area contributed by atoms with Gasteiger partial charge in [0.15, 0.2) is 0 Å². The van der Waals surface area contributed by atoms with Gasteiger partial charge >= 0.3 is 6.03 Å². The Bertz CT molecular complexity index is 636. The fourth-order valence-corrected chi connectivity index (χ4v) is 3.98. The second-order valence-electron chi connectivity index (χ2n) is 7.23. The van der Waals surface area contributed by atoms with Crippen LogP contribution in [0.25, 0.3) is 0 Å². The lowest BCUT2D eigenvalue weighted by Crippen LogP contribution is -2.56. The van der Waals surface area contributed by atoms with Crippen LogP contribution in [0.1, 0.15) is 25.5 Å². The highest BCUT2D eigenvalue weighted by Gasteiger charge is 2.34. The van der Waals surface area contributed by atoms with Crippen LogP contribution < -0.4 is 0 Å². The quantitative estimate of drug-likeness (QED) is 0.770. The van der Waals surface area contributed by atoms with E-state index >= 15 is 0 Å². The SMILES string of the molecule is CCN(CC)C(=O)C(c1ccccc1)N1CCN(C(=O)N2CCOCC2)CC1. The molecular formula is C21H32N4O3. The van der Waals surface area contributed by atoms with Gasteiger partial charge in [-0.15, -0.1) is 0 Å². The van der Waals surface area contributed by atoms with Crippen molar-refractivity contribution in [3.8, 4) is 0 Å². The van der Waals surface area contributed by atoms with Gasteiger partial charge in [-0.2, -0.15) is 0 Å². The molecule has 7 heteroatoms. The van der Waals surface area contributed by atoms with Crippen molar-refractivity contribution in [2.75, 3.05) is 65.6 Å². The minimum atomic E-state index is -0.290. The molecule has 1 atom stereocenters. The molecule has 2 fully saturated rings. The van der Waals surface area contributed by atoms with Crippen molar-refractivity contribution in [1.29, 1.82) is 0 Å². The first-order chi connectivity index (χ1) is 13.7. The highest BCUT2D eigenvalue weighted by atomic mass is 16.5. The Kier molecular flexibility index (Phi) is 7.28. The molecule has 0 spiro atoms. The number of hydrogen-bond donors (Lipinski definition) is 0. The Morgan fingerprint density at radius 1 is 0.929 bits per heavy atom. The Balaban J connectivity index is 1.69. The molecule has 2 aliphatic rings. The number of ether oxygens (including phenoxy) is 1. The average molecular weight is 389 g/mol. The first kappa shape index (κ1) is 20.6. The smallest absolute Gasteiger partial charge is 0.320 e. The Labute approximate surface area is 167 Å². The van der Waals surface area contributed by atoms with Crippen LogP contribution in [0.15, 0.2) is 30.3 Å². The van der Waals surface area contributed by atoms with Crippen LogP contribution in [0.2, 0.25) is 0 Å². The van der Waals surface area contributed by atoms with E-state index in [-0.39, 0.29) is 18.0 Å². The summed E-state index contributed by atoms with van der Waals surface area (Å²) in [5, 5.41) is 0. The highest BCUT2D eigenvalue weighted by molar-refractivity contribution is 5.83. The van der Waals surface area contributed by atoms with Crippen molar-refractivity contribution in [2.45, 2.75) is 19.9 Å². The first-order valence-electron chi connectivity index (χ1n) is 10.3. The van der Waals surface area contributed by atoms with Crippen molar-refractivity contribution in [3.05, 3.63) is 35.9 Å². The molecule has 7 nitrogen and oxygen atoms in total. The monoisotopic (exact) mass is 388 g/mol. The predicted octanol–water partition coefficient (Wildman–Crippen LogP) is 1.67. The number of carbonyl (C=O) groups excluding carboxylic acids is 2. The molecule has 1 aromatic rings. The summed E-state index contributed by atoms with van der Waals surface area (Å²) in [5.41, 5.74) is 1.02. The summed E-state index contributed by atoms with van der Waals surface area (Å²) in [7, 11) is 0. The summed E-state index contributed by atoms with van der Waals surface area (Å²) in [5.74, 6) is 0.143. The minimum absolute atomic E-state index is 0.0919. The fraction of sp³-hybridized carbons (Fsp3) is 0.619. The van der Waals surface area contributed by atoms with E-state index in [1.165, 1.54) is 0 Å². The lowest BCUT2D eigenvalue weighted by Gasteiger charge is -2.42. The number of piperazine rings is 1. The maximum atomic E-state index is 13.2. The Morgan fingerprint density at radius 3 is 2.07 bits per heavy atom. The molecule has 154 valence electrons. The molecule has 3 rings (SSSR count). The van der Waals surface area contributed by atoms with Gasteiger partial charge in [0.1, 0.15) is 6.04 Å². The molecule has 0 aliphatic carbocycles. The second-order valence-corrected chi connectivity index (χ2v) is 7.23. The van der Waals surface area contributed by atoms with E-state index in [1.807, 2.05) is 58.9 Å². The first-order valence-corrected chi connectivity index (χ1v) is 10.3. The third-order valence-corrected chi connectivity index (χ3v) is 5.66. The highest BCUT2D eigenvalue weighted by Crippen LogP contribution is 2.25. The van der Waals surface area contributed by atoms with Crippen LogP contribution in [0.3, 0.4) is 0 Å². The summed E-state index contributed by atoms with van der Waals surface area (Å²) in [6, 6.07) is 9.79. The summed E-state index contributed by atoms with van der Waals surface area (Å²) < 4.78 is 5.34. The van der Waals surface area contributed by atoms with Crippen LogP contribution in [0, 0.1) is 0 Å². The van der Waals surface area contributed by atoms with Gasteiger partial charge < -0.3 is 19.4 Å². The van der Waals surface area contributed by atoms with E-state index in [1.54, 1.807) is 0 Å². The van der Waals surface area contributed by atoms with Crippen LogP contribution in [-0.4, -0.2) is 97.1 Å². The van der Waals surface area contributed by atoms with E-state index in [4.69, 9.17) is 4.74 Å². The number of amides is 3. The number of likely N-dealkylation sites (N-methyl/N-ethyl adjacent to an activating group) is 1. The van der Waals surface area contributed by atoms with Crippen molar-refractivity contribution in [1.82, 2.24) is 19.6 Å². The molecule has 0 saturated carbocycles. The number of hydrogen-bond acceptors (Lipinski definition) is 4. The number of nitrogens with zero attached hydrogens (tertiary/aromatic N) is 4. The van der Waals surface area contributed by atoms with Crippen molar-refractivity contribution in [3.63, 3.8) is 0 Å². The Hall–Kier alpha value is -2.12. The summed E-state index contributed by atoms with van der Waals surface area (Å²) in [4.78, 5) is 33.9. The maximum absolute atomic E-state index is 13.2. The maximum Gasteiger partial charge on any atom is 0.320 e. The van der Waals surface area contributed by atoms with Gasteiger partial charge in [0.05, 0.1) is 13.2 Å². The average Bonchev–Trinajstić information content (AvgIpc) is 2.76. The van der Waals surface area contributed by atoms with Gasteiger partial charge in [0.2, 0.25) is 5.91 Å². The third-order valence-electron chi connectivity index (χ3n) is 5.66. The largest absolute Gasteiger partial charge is 0.378 e. The van der Waals surface area contributed by atoms with E-state index in [0.29, 0.717) is 65.6 Å². The van der Waals surface area contributed by atoms with Crippen molar-refractivity contribution < 1.29 is 14.3 Å². The molecule has 2 aliphatic heterocycles. The van der Waals surface area contributed by atoms with E-state index in [2.05, 4.69) is 4.90 Å². The van der Waals surface area contributed by atoms with Gasteiger partial charge in [-0.25, -0.2) is 4.79 Å². The number of morpholine rings is 1. The lowest BCUT2D eigenvalue weighted by atomic mass is 10.0. The van der Waals surface area contributed by atoms with Crippen LogP contribution in [0.5, 0.6) is 0 Å². The number of urea groups is 1. The summed E-state index contributed by atoms with van der Waals surface area (Å²) in [6.07, 6.45) is 0. The van der Waals surface area contributed by atoms with Gasteiger partial charge in [-0.1, -0.05) is 30.3 Å². The third kappa shape index (κ3) is 4.64. The van der Waals surface area contributed by atoms with Crippen molar-refractivity contribution in [2.24, 2.45) is 0 Å². The zero-order valence-electron chi connectivity index (χ0n) is 17.0. The Morgan fingerprint density at radius 2 is 1.50 bits per heavy atom. The normalized spacial score (nSPS) is 19.4. The minimum Gasteiger partial charge on any atom is -0.378 e. The van der Waals surface area contributed by atoms with Crippen LogP contribution in [-0.2, 0) is 9.53 Å². The van der Waals surface area contributed by atoms with E-state index in [9.17, 15) is 9.59 Å². The molecule has 0 bridgehead atoms. The lowest BCUT2D eigenvalue weighted by molar-refractivity contribution is -0.137. The predicted molar refractivity (Wildman–Crippen MR) is 108 cm³/mol. The molecule has 28 heavy (non-hydrogen) atoms. The number of carbonyl (C=O) groups is 2. The van der Waals surface area contributed by atoms with Gasteiger partial charge in [-0.3, -0.25) is 9.69 Å². The molecule has 2 saturated heterocycles. The molecule has 0 N–H and O–H groups in total.